The minimum Gasteiger partial charge on any atom is -0.494 e. The predicted molar refractivity (Wildman–Crippen MR) is 65.7 cm³/mol. The third-order valence-electron chi connectivity index (χ3n) is 2.37. The number of benzene rings is 1. The molecule has 0 aliphatic carbocycles. The lowest BCUT2D eigenvalue weighted by molar-refractivity contribution is 0.340. The van der Waals surface area contributed by atoms with E-state index in [4.69, 9.17) is 17.0 Å². The molecule has 0 spiro atoms. The van der Waals surface area contributed by atoms with Gasteiger partial charge in [-0.15, -0.1) is 12.3 Å². The lowest BCUT2D eigenvalue weighted by Gasteiger charge is -2.15. The fourth-order valence-electron chi connectivity index (χ4n) is 1.54. The van der Waals surface area contributed by atoms with Gasteiger partial charge in [-0.1, -0.05) is 12.1 Å². The normalized spacial score (nSPS) is 11.8. The number of hydrogen-bond donors (Lipinski definition) is 2. The summed E-state index contributed by atoms with van der Waals surface area (Å²) in [6.07, 6.45) is 6.78. The summed E-state index contributed by atoms with van der Waals surface area (Å²) in [5, 5.41) is 0. The Kier molecular flexibility index (Phi) is 5.41. The van der Waals surface area contributed by atoms with Crippen LogP contribution in [0.3, 0.4) is 0 Å². The van der Waals surface area contributed by atoms with Gasteiger partial charge < -0.3 is 4.74 Å². The average Bonchev–Trinajstić information content (AvgIpc) is 2.32. The molecule has 1 aromatic carbocycles. The number of nitrogens with two attached hydrogens (primary N) is 1. The minimum atomic E-state index is 0.103. The first-order valence-electron chi connectivity index (χ1n) is 5.44. The van der Waals surface area contributed by atoms with Crippen LogP contribution in [0.4, 0.5) is 0 Å². The van der Waals surface area contributed by atoms with E-state index in [1.807, 2.05) is 31.2 Å². The number of terminal acetylenes is 1. The molecule has 0 bridgehead atoms. The highest BCUT2D eigenvalue weighted by atomic mass is 16.5. The molecule has 0 radical (unpaired) electrons. The Balaban J connectivity index is 2.67. The molecule has 0 saturated carbocycles. The molecule has 0 amide bonds. The lowest BCUT2D eigenvalue weighted by Crippen LogP contribution is -2.27. The molecular weight excluding hydrogens is 200 g/mol. The van der Waals surface area contributed by atoms with Crippen molar-refractivity contribution >= 4 is 0 Å². The van der Waals surface area contributed by atoms with Gasteiger partial charge >= 0.3 is 0 Å². The van der Waals surface area contributed by atoms with Gasteiger partial charge in [-0.3, -0.25) is 11.3 Å². The van der Waals surface area contributed by atoms with Gasteiger partial charge in [0.25, 0.3) is 0 Å². The molecule has 3 N–H and O–H groups in total. The van der Waals surface area contributed by atoms with Gasteiger partial charge in [-0.2, -0.15) is 0 Å². The van der Waals surface area contributed by atoms with Gasteiger partial charge in [0.15, 0.2) is 0 Å². The molecule has 0 heterocycles. The maximum absolute atomic E-state index is 5.49. The summed E-state index contributed by atoms with van der Waals surface area (Å²) >= 11 is 0. The summed E-state index contributed by atoms with van der Waals surface area (Å²) in [7, 11) is 0. The zero-order valence-electron chi connectivity index (χ0n) is 9.57. The van der Waals surface area contributed by atoms with E-state index in [0.717, 1.165) is 17.7 Å². The molecule has 0 aliphatic rings. The van der Waals surface area contributed by atoms with E-state index in [-0.39, 0.29) is 6.04 Å². The van der Waals surface area contributed by atoms with Crippen molar-refractivity contribution in [2.45, 2.75) is 25.8 Å². The minimum absolute atomic E-state index is 0.103. The van der Waals surface area contributed by atoms with Crippen molar-refractivity contribution in [3.63, 3.8) is 0 Å². The van der Waals surface area contributed by atoms with Crippen molar-refractivity contribution in [3.05, 3.63) is 29.8 Å². The highest BCUT2D eigenvalue weighted by Gasteiger charge is 2.08. The van der Waals surface area contributed by atoms with E-state index in [0.29, 0.717) is 13.0 Å². The Labute approximate surface area is 97.0 Å². The van der Waals surface area contributed by atoms with Crippen LogP contribution < -0.4 is 16.0 Å². The molecule has 0 aromatic heterocycles. The first kappa shape index (κ1) is 12.6. The van der Waals surface area contributed by atoms with Crippen LogP contribution in [0.1, 0.15) is 31.4 Å². The largest absolute Gasteiger partial charge is 0.494 e. The van der Waals surface area contributed by atoms with E-state index < -0.39 is 0 Å². The number of ether oxygens (including phenoxy) is 1. The van der Waals surface area contributed by atoms with Gasteiger partial charge in [0.05, 0.1) is 6.61 Å². The molecule has 16 heavy (non-hydrogen) atoms. The van der Waals surface area contributed by atoms with Gasteiger partial charge in [-0.25, -0.2) is 0 Å². The van der Waals surface area contributed by atoms with Crippen LogP contribution in [0.25, 0.3) is 0 Å². The first-order chi connectivity index (χ1) is 7.81. The Morgan fingerprint density at radius 1 is 1.44 bits per heavy atom. The van der Waals surface area contributed by atoms with Crippen molar-refractivity contribution in [2.75, 3.05) is 6.61 Å². The molecule has 1 aromatic rings. The molecule has 0 aliphatic heterocycles. The number of rotatable bonds is 6. The number of hydrogen-bond acceptors (Lipinski definition) is 3. The van der Waals surface area contributed by atoms with Crippen molar-refractivity contribution in [1.29, 1.82) is 0 Å². The maximum atomic E-state index is 5.49. The third-order valence-corrected chi connectivity index (χ3v) is 2.37. The smallest absolute Gasteiger partial charge is 0.119 e. The van der Waals surface area contributed by atoms with Crippen molar-refractivity contribution < 1.29 is 4.74 Å². The zero-order valence-corrected chi connectivity index (χ0v) is 9.57. The van der Waals surface area contributed by atoms with Gasteiger partial charge in [0.2, 0.25) is 0 Å². The molecule has 1 unspecified atom stereocenters. The van der Waals surface area contributed by atoms with Crippen molar-refractivity contribution in [1.82, 2.24) is 5.43 Å². The van der Waals surface area contributed by atoms with Crippen molar-refractivity contribution in [2.24, 2.45) is 5.84 Å². The van der Waals surface area contributed by atoms with Gasteiger partial charge in [-0.05, 0) is 31.0 Å². The van der Waals surface area contributed by atoms with Crippen LogP contribution in [0.5, 0.6) is 5.75 Å². The Hall–Kier alpha value is -1.50. The molecule has 3 heteroatoms. The lowest BCUT2D eigenvalue weighted by atomic mass is 10.0. The first-order valence-corrected chi connectivity index (χ1v) is 5.44. The standard InChI is InChI=1S/C13H18N2O/c1-3-5-6-13(15-14)11-7-9-12(10-8-11)16-4-2/h1,7-10,13,15H,4-6,14H2,2H3. The quantitative estimate of drug-likeness (QED) is 0.436. The summed E-state index contributed by atoms with van der Waals surface area (Å²) in [5.41, 5.74) is 3.89. The second kappa shape index (κ2) is 6.89. The molecule has 1 atom stereocenters. The summed E-state index contributed by atoms with van der Waals surface area (Å²) in [4.78, 5) is 0. The second-order valence-electron chi connectivity index (χ2n) is 3.46. The molecule has 0 fully saturated rings. The fraction of sp³-hybridized carbons (Fsp3) is 0.385. The zero-order chi connectivity index (χ0) is 11.8. The van der Waals surface area contributed by atoms with E-state index >= 15 is 0 Å². The molecular formula is C13H18N2O. The van der Waals surface area contributed by atoms with Crippen molar-refractivity contribution in [3.8, 4) is 18.1 Å². The molecule has 3 nitrogen and oxygen atoms in total. The summed E-state index contributed by atoms with van der Waals surface area (Å²) in [6.45, 7) is 2.64. The van der Waals surface area contributed by atoms with Crippen LogP contribution in [-0.4, -0.2) is 6.61 Å². The number of nitrogens with one attached hydrogen (secondary N) is 1. The fourth-order valence-corrected chi connectivity index (χ4v) is 1.54. The predicted octanol–water partition coefficient (Wildman–Crippen LogP) is 2.00. The summed E-state index contributed by atoms with van der Waals surface area (Å²) in [5.74, 6) is 8.98. The monoisotopic (exact) mass is 218 g/mol. The Bertz CT molecular complexity index is 340. The second-order valence-corrected chi connectivity index (χ2v) is 3.46. The number of hydrazine groups is 1. The van der Waals surface area contributed by atoms with Crippen LogP contribution >= 0.6 is 0 Å². The average molecular weight is 218 g/mol. The third kappa shape index (κ3) is 3.58. The van der Waals surface area contributed by atoms with E-state index in [1.165, 1.54) is 0 Å². The topological polar surface area (TPSA) is 47.3 Å². The Morgan fingerprint density at radius 2 is 2.12 bits per heavy atom. The Morgan fingerprint density at radius 3 is 2.62 bits per heavy atom. The van der Waals surface area contributed by atoms with Gasteiger partial charge in [0, 0.05) is 12.5 Å². The van der Waals surface area contributed by atoms with E-state index in [1.54, 1.807) is 0 Å². The SMILES string of the molecule is C#CCCC(NN)c1ccc(OCC)cc1. The molecule has 0 saturated heterocycles. The highest BCUT2D eigenvalue weighted by Crippen LogP contribution is 2.20. The van der Waals surface area contributed by atoms with E-state index in [2.05, 4.69) is 11.3 Å². The summed E-state index contributed by atoms with van der Waals surface area (Å²) < 4.78 is 5.37. The van der Waals surface area contributed by atoms with Crippen LogP contribution in [0, 0.1) is 12.3 Å². The summed E-state index contributed by atoms with van der Waals surface area (Å²) in [6, 6.07) is 8.00. The van der Waals surface area contributed by atoms with Crippen LogP contribution in [0.15, 0.2) is 24.3 Å². The van der Waals surface area contributed by atoms with E-state index in [9.17, 15) is 0 Å². The van der Waals surface area contributed by atoms with Crippen LogP contribution in [-0.2, 0) is 0 Å². The molecule has 86 valence electrons. The van der Waals surface area contributed by atoms with Gasteiger partial charge in [0.1, 0.15) is 5.75 Å². The maximum Gasteiger partial charge on any atom is 0.119 e. The van der Waals surface area contributed by atoms with Crippen LogP contribution in [0.2, 0.25) is 0 Å². The highest BCUT2D eigenvalue weighted by molar-refractivity contribution is 5.29. The molecule has 1 rings (SSSR count).